The van der Waals surface area contributed by atoms with E-state index >= 15 is 0 Å². The topological polar surface area (TPSA) is 38.3 Å². The lowest BCUT2D eigenvalue weighted by atomic mass is 10.00. The number of carbonyl (C=O) groups excluding carboxylic acids is 1. The molecule has 4 heteroatoms. The molecule has 0 fully saturated rings. The predicted octanol–water partition coefficient (Wildman–Crippen LogP) is 3.73. The average molecular weight is 313 g/mol. The molecule has 22 heavy (non-hydrogen) atoms. The molecule has 1 aliphatic rings. The fourth-order valence-corrected chi connectivity index (χ4v) is 3.91. The molecule has 0 bridgehead atoms. The summed E-state index contributed by atoms with van der Waals surface area (Å²) < 4.78 is 4.99. The van der Waals surface area contributed by atoms with E-state index in [9.17, 15) is 4.79 Å². The van der Waals surface area contributed by atoms with Crippen molar-refractivity contribution in [2.45, 2.75) is 23.4 Å². The normalized spacial score (nSPS) is 18.3. The van der Waals surface area contributed by atoms with Gasteiger partial charge in [0.25, 0.3) is 0 Å². The summed E-state index contributed by atoms with van der Waals surface area (Å²) in [4.78, 5) is 13.5. The van der Waals surface area contributed by atoms with E-state index in [-0.39, 0.29) is 12.0 Å². The minimum Gasteiger partial charge on any atom is -0.468 e. The van der Waals surface area contributed by atoms with Crippen molar-refractivity contribution in [1.29, 1.82) is 0 Å². The highest BCUT2D eigenvalue weighted by Crippen LogP contribution is 2.37. The molecule has 3 rings (SSSR count). The zero-order valence-corrected chi connectivity index (χ0v) is 13.3. The first kappa shape index (κ1) is 15.1. The minimum absolute atomic E-state index is 0.168. The standard InChI is InChI=1S/C18H19NO2S/c1-21-18(20)17(13-7-3-2-4-8-13)19-15-11-12-22-16-10-6-5-9-14(15)16/h2-10,15,17,19H,11-12H2,1H3/t15-,17+/m1/s1. The predicted molar refractivity (Wildman–Crippen MR) is 88.9 cm³/mol. The summed E-state index contributed by atoms with van der Waals surface area (Å²) in [5.74, 6) is 0.805. The van der Waals surface area contributed by atoms with Crippen LogP contribution in [0.5, 0.6) is 0 Å². The highest BCUT2D eigenvalue weighted by molar-refractivity contribution is 7.99. The Kier molecular flexibility index (Phi) is 4.80. The number of carbonyl (C=O) groups is 1. The monoisotopic (exact) mass is 313 g/mol. The summed E-state index contributed by atoms with van der Waals surface area (Å²) >= 11 is 1.87. The Morgan fingerprint density at radius 1 is 1.18 bits per heavy atom. The van der Waals surface area contributed by atoms with Gasteiger partial charge in [0.15, 0.2) is 0 Å². The first-order chi connectivity index (χ1) is 10.8. The fourth-order valence-electron chi connectivity index (χ4n) is 2.78. The summed E-state index contributed by atoms with van der Waals surface area (Å²) in [5, 5.41) is 3.49. The van der Waals surface area contributed by atoms with E-state index in [0.29, 0.717) is 0 Å². The van der Waals surface area contributed by atoms with Gasteiger partial charge in [-0.3, -0.25) is 5.32 Å². The number of methoxy groups -OCH3 is 1. The number of thioether (sulfide) groups is 1. The van der Waals surface area contributed by atoms with Crippen molar-refractivity contribution >= 4 is 17.7 Å². The minimum atomic E-state index is -0.438. The van der Waals surface area contributed by atoms with Crippen LogP contribution in [0.3, 0.4) is 0 Å². The van der Waals surface area contributed by atoms with Gasteiger partial charge in [-0.1, -0.05) is 48.5 Å². The molecule has 0 aromatic heterocycles. The molecule has 1 heterocycles. The van der Waals surface area contributed by atoms with Crippen molar-refractivity contribution in [3.8, 4) is 0 Å². The van der Waals surface area contributed by atoms with Gasteiger partial charge in [0.2, 0.25) is 0 Å². The lowest BCUT2D eigenvalue weighted by molar-refractivity contribution is -0.143. The summed E-state index contributed by atoms with van der Waals surface area (Å²) in [6.45, 7) is 0. The molecule has 1 aliphatic heterocycles. The maximum atomic E-state index is 12.2. The molecule has 0 radical (unpaired) electrons. The van der Waals surface area contributed by atoms with Gasteiger partial charge in [0, 0.05) is 10.9 Å². The van der Waals surface area contributed by atoms with Crippen LogP contribution in [0.15, 0.2) is 59.5 Å². The fraction of sp³-hybridized carbons (Fsp3) is 0.278. The maximum Gasteiger partial charge on any atom is 0.327 e. The lowest BCUT2D eigenvalue weighted by Gasteiger charge is -2.29. The number of benzene rings is 2. The highest BCUT2D eigenvalue weighted by Gasteiger charge is 2.28. The second kappa shape index (κ2) is 6.99. The molecule has 2 aromatic carbocycles. The third-order valence-corrected chi connectivity index (χ3v) is 5.02. The first-order valence-electron chi connectivity index (χ1n) is 7.40. The van der Waals surface area contributed by atoms with Crippen LogP contribution >= 0.6 is 11.8 Å². The molecule has 2 atom stereocenters. The van der Waals surface area contributed by atoms with E-state index in [1.807, 2.05) is 42.1 Å². The van der Waals surface area contributed by atoms with Gasteiger partial charge in [-0.15, -0.1) is 11.8 Å². The van der Waals surface area contributed by atoms with Gasteiger partial charge in [-0.2, -0.15) is 0 Å². The molecule has 0 saturated carbocycles. The van der Waals surface area contributed by atoms with Crippen LogP contribution in [0.25, 0.3) is 0 Å². The Morgan fingerprint density at radius 3 is 2.68 bits per heavy atom. The van der Waals surface area contributed by atoms with E-state index in [1.54, 1.807) is 0 Å². The first-order valence-corrected chi connectivity index (χ1v) is 8.38. The SMILES string of the molecule is COC(=O)[C@@H](N[C@@H]1CCSc2ccccc21)c1ccccc1. The smallest absolute Gasteiger partial charge is 0.327 e. The summed E-state index contributed by atoms with van der Waals surface area (Å²) in [5.41, 5.74) is 2.20. The molecule has 1 N–H and O–H groups in total. The molecule has 0 unspecified atom stereocenters. The second-order valence-electron chi connectivity index (χ2n) is 5.26. The van der Waals surface area contributed by atoms with Crippen LogP contribution in [0.1, 0.15) is 29.6 Å². The Labute approximate surface area is 135 Å². The van der Waals surface area contributed by atoms with Gasteiger partial charge in [-0.05, 0) is 29.4 Å². The van der Waals surface area contributed by atoms with Gasteiger partial charge in [0.05, 0.1) is 7.11 Å². The maximum absolute atomic E-state index is 12.2. The highest BCUT2D eigenvalue weighted by atomic mass is 32.2. The molecule has 0 saturated heterocycles. The van der Waals surface area contributed by atoms with Crippen molar-refractivity contribution in [1.82, 2.24) is 5.32 Å². The number of esters is 1. The lowest BCUT2D eigenvalue weighted by Crippen LogP contribution is -2.34. The third-order valence-electron chi connectivity index (χ3n) is 3.90. The summed E-state index contributed by atoms with van der Waals surface area (Å²) in [7, 11) is 1.44. The van der Waals surface area contributed by atoms with Crippen molar-refractivity contribution < 1.29 is 9.53 Å². The number of ether oxygens (including phenoxy) is 1. The van der Waals surface area contributed by atoms with Crippen molar-refractivity contribution in [3.63, 3.8) is 0 Å². The largest absolute Gasteiger partial charge is 0.468 e. The summed E-state index contributed by atoms with van der Waals surface area (Å²) in [6, 6.07) is 17.9. The number of nitrogens with one attached hydrogen (secondary N) is 1. The number of fused-ring (bicyclic) bond motifs is 1. The molecular weight excluding hydrogens is 294 g/mol. The Morgan fingerprint density at radius 2 is 1.91 bits per heavy atom. The molecule has 114 valence electrons. The molecule has 0 spiro atoms. The van der Waals surface area contributed by atoms with Crippen LogP contribution in [0, 0.1) is 0 Å². The number of rotatable bonds is 4. The van der Waals surface area contributed by atoms with Crippen LogP contribution in [0.2, 0.25) is 0 Å². The zero-order chi connectivity index (χ0) is 15.4. The van der Waals surface area contributed by atoms with Crippen molar-refractivity contribution in [3.05, 3.63) is 65.7 Å². The molecular formula is C18H19NO2S. The van der Waals surface area contributed by atoms with E-state index in [1.165, 1.54) is 17.6 Å². The van der Waals surface area contributed by atoms with Crippen LogP contribution < -0.4 is 5.32 Å². The molecule has 3 nitrogen and oxygen atoms in total. The van der Waals surface area contributed by atoms with Gasteiger partial charge in [-0.25, -0.2) is 4.79 Å². The van der Waals surface area contributed by atoms with Crippen molar-refractivity contribution in [2.75, 3.05) is 12.9 Å². The molecule has 0 aliphatic carbocycles. The zero-order valence-electron chi connectivity index (χ0n) is 12.5. The van der Waals surface area contributed by atoms with Gasteiger partial charge < -0.3 is 4.74 Å². The van der Waals surface area contributed by atoms with E-state index in [4.69, 9.17) is 4.74 Å². The quantitative estimate of drug-likeness (QED) is 0.873. The van der Waals surface area contributed by atoms with E-state index < -0.39 is 6.04 Å². The van der Waals surface area contributed by atoms with Crippen LogP contribution in [-0.2, 0) is 9.53 Å². The van der Waals surface area contributed by atoms with Crippen molar-refractivity contribution in [2.24, 2.45) is 0 Å². The third kappa shape index (κ3) is 3.18. The number of hydrogen-bond donors (Lipinski definition) is 1. The molecule has 2 aromatic rings. The van der Waals surface area contributed by atoms with Gasteiger partial charge >= 0.3 is 5.97 Å². The Bertz CT molecular complexity index is 645. The van der Waals surface area contributed by atoms with Crippen LogP contribution in [-0.4, -0.2) is 18.8 Å². The van der Waals surface area contributed by atoms with E-state index in [2.05, 4.69) is 29.6 Å². The second-order valence-corrected chi connectivity index (χ2v) is 6.40. The number of hydrogen-bond acceptors (Lipinski definition) is 4. The van der Waals surface area contributed by atoms with Gasteiger partial charge in [0.1, 0.15) is 6.04 Å². The Balaban J connectivity index is 1.87. The van der Waals surface area contributed by atoms with Crippen LogP contribution in [0.4, 0.5) is 0 Å². The van der Waals surface area contributed by atoms with E-state index in [0.717, 1.165) is 17.7 Å². The average Bonchev–Trinajstić information content (AvgIpc) is 2.60. The molecule has 0 amide bonds. The Hall–Kier alpha value is -1.78. The summed E-state index contributed by atoms with van der Waals surface area (Å²) in [6.07, 6.45) is 1.00.